The standard InChI is InChI=1S/C19H32N4O2.HI/c1-2-20-19(22-12-6-10-16-8-4-3-5-9-16)23-14-13-21-18(24)17-11-7-15-25-17;/h7,11,15-16H,2-6,8-10,12-14H2,1H3,(H,21,24)(H2,20,22,23);1H. The van der Waals surface area contributed by atoms with Gasteiger partial charge in [0.15, 0.2) is 11.7 Å². The van der Waals surface area contributed by atoms with Gasteiger partial charge in [-0.25, -0.2) is 0 Å². The highest BCUT2D eigenvalue weighted by molar-refractivity contribution is 14.0. The molecule has 1 aliphatic carbocycles. The molecule has 0 spiro atoms. The lowest BCUT2D eigenvalue weighted by Crippen LogP contribution is -2.41. The van der Waals surface area contributed by atoms with E-state index in [0.717, 1.165) is 31.4 Å². The summed E-state index contributed by atoms with van der Waals surface area (Å²) in [6, 6.07) is 3.36. The molecule has 1 aromatic heterocycles. The number of amides is 1. The van der Waals surface area contributed by atoms with E-state index in [9.17, 15) is 4.79 Å². The number of hydrogen-bond acceptors (Lipinski definition) is 3. The van der Waals surface area contributed by atoms with Crippen LogP contribution < -0.4 is 16.0 Å². The molecule has 0 unspecified atom stereocenters. The third-order valence-electron chi connectivity index (χ3n) is 4.56. The van der Waals surface area contributed by atoms with Crippen molar-refractivity contribution in [3.63, 3.8) is 0 Å². The molecule has 1 fully saturated rings. The van der Waals surface area contributed by atoms with E-state index in [0.29, 0.717) is 18.8 Å². The minimum absolute atomic E-state index is 0. The first kappa shape index (κ1) is 22.8. The largest absolute Gasteiger partial charge is 0.459 e. The second-order valence-corrected chi connectivity index (χ2v) is 6.57. The normalized spacial score (nSPS) is 15.2. The highest BCUT2D eigenvalue weighted by Gasteiger charge is 2.12. The van der Waals surface area contributed by atoms with Crippen molar-refractivity contribution in [3.05, 3.63) is 24.2 Å². The van der Waals surface area contributed by atoms with Crippen LogP contribution in [-0.4, -0.2) is 38.0 Å². The van der Waals surface area contributed by atoms with Gasteiger partial charge in [-0.3, -0.25) is 9.79 Å². The molecule has 1 aromatic rings. The fraction of sp³-hybridized carbons (Fsp3) is 0.684. The molecule has 2 rings (SSSR count). The third-order valence-corrected chi connectivity index (χ3v) is 4.56. The number of carbonyl (C=O) groups excluding carboxylic acids is 1. The Kier molecular flexibility index (Phi) is 12.2. The van der Waals surface area contributed by atoms with Crippen molar-refractivity contribution >= 4 is 35.8 Å². The van der Waals surface area contributed by atoms with E-state index in [1.54, 1.807) is 12.1 Å². The lowest BCUT2D eigenvalue weighted by Gasteiger charge is -2.20. The first-order chi connectivity index (χ1) is 12.3. The maximum atomic E-state index is 11.8. The van der Waals surface area contributed by atoms with Crippen LogP contribution in [0.25, 0.3) is 0 Å². The number of halogens is 1. The molecule has 1 saturated carbocycles. The van der Waals surface area contributed by atoms with Gasteiger partial charge in [-0.2, -0.15) is 0 Å². The van der Waals surface area contributed by atoms with E-state index in [-0.39, 0.29) is 29.9 Å². The molecule has 6 nitrogen and oxygen atoms in total. The third kappa shape index (κ3) is 8.91. The summed E-state index contributed by atoms with van der Waals surface area (Å²) in [6.07, 6.45) is 11.0. The molecule has 0 radical (unpaired) electrons. The molecule has 148 valence electrons. The molecular weight excluding hydrogens is 443 g/mol. The van der Waals surface area contributed by atoms with Crippen molar-refractivity contribution in [1.82, 2.24) is 16.0 Å². The SMILES string of the molecule is CCNC(=NCCCC1CCCCC1)NCCNC(=O)c1ccco1.I. The Labute approximate surface area is 174 Å². The number of carbonyl (C=O) groups is 1. The highest BCUT2D eigenvalue weighted by Crippen LogP contribution is 2.27. The number of rotatable bonds is 9. The first-order valence-corrected chi connectivity index (χ1v) is 9.63. The predicted molar refractivity (Wildman–Crippen MR) is 116 cm³/mol. The van der Waals surface area contributed by atoms with Crippen LogP contribution in [-0.2, 0) is 0 Å². The molecule has 1 amide bonds. The summed E-state index contributed by atoms with van der Waals surface area (Å²) in [5.74, 6) is 1.87. The van der Waals surface area contributed by atoms with E-state index >= 15 is 0 Å². The second kappa shape index (κ2) is 13.9. The van der Waals surface area contributed by atoms with Crippen LogP contribution in [0.5, 0.6) is 0 Å². The van der Waals surface area contributed by atoms with Crippen LogP contribution in [0.1, 0.15) is 62.4 Å². The molecule has 3 N–H and O–H groups in total. The van der Waals surface area contributed by atoms with Crippen LogP contribution in [0.3, 0.4) is 0 Å². The van der Waals surface area contributed by atoms with Gasteiger partial charge in [-0.15, -0.1) is 24.0 Å². The Balaban J connectivity index is 0.00000338. The zero-order valence-corrected chi connectivity index (χ0v) is 18.1. The molecule has 1 aliphatic rings. The van der Waals surface area contributed by atoms with E-state index in [4.69, 9.17) is 4.42 Å². The van der Waals surface area contributed by atoms with Crippen LogP contribution in [0, 0.1) is 5.92 Å². The molecule has 26 heavy (non-hydrogen) atoms. The molecule has 0 aromatic carbocycles. The maximum Gasteiger partial charge on any atom is 0.287 e. The Hall–Kier alpha value is -1.25. The van der Waals surface area contributed by atoms with Crippen molar-refractivity contribution in [2.24, 2.45) is 10.9 Å². The van der Waals surface area contributed by atoms with Gasteiger partial charge < -0.3 is 20.4 Å². The van der Waals surface area contributed by atoms with Crippen molar-refractivity contribution in [2.45, 2.75) is 51.9 Å². The van der Waals surface area contributed by atoms with Gasteiger partial charge in [0.2, 0.25) is 0 Å². The average molecular weight is 476 g/mol. The summed E-state index contributed by atoms with van der Waals surface area (Å²) in [5, 5.41) is 9.31. The zero-order valence-electron chi connectivity index (χ0n) is 15.8. The smallest absolute Gasteiger partial charge is 0.287 e. The van der Waals surface area contributed by atoms with E-state index < -0.39 is 0 Å². The number of guanidine groups is 1. The van der Waals surface area contributed by atoms with Gasteiger partial charge in [0, 0.05) is 26.2 Å². The van der Waals surface area contributed by atoms with E-state index in [1.807, 2.05) is 0 Å². The van der Waals surface area contributed by atoms with Gasteiger partial charge in [0.1, 0.15) is 0 Å². The number of hydrogen-bond donors (Lipinski definition) is 3. The first-order valence-electron chi connectivity index (χ1n) is 9.63. The molecule has 0 atom stereocenters. The summed E-state index contributed by atoms with van der Waals surface area (Å²) in [5.41, 5.74) is 0. The van der Waals surface area contributed by atoms with Crippen LogP contribution in [0.2, 0.25) is 0 Å². The van der Waals surface area contributed by atoms with E-state index in [2.05, 4.69) is 27.9 Å². The summed E-state index contributed by atoms with van der Waals surface area (Å²) in [6.45, 7) is 4.88. The molecular formula is C19H33IN4O2. The number of furan rings is 1. The number of aliphatic imine (C=N–C) groups is 1. The Morgan fingerprint density at radius 3 is 2.65 bits per heavy atom. The summed E-state index contributed by atoms with van der Waals surface area (Å²) < 4.78 is 5.06. The number of nitrogens with zero attached hydrogens (tertiary/aromatic N) is 1. The topological polar surface area (TPSA) is 78.7 Å². The van der Waals surface area contributed by atoms with Crippen molar-refractivity contribution < 1.29 is 9.21 Å². The molecule has 0 saturated heterocycles. The van der Waals surface area contributed by atoms with Crippen LogP contribution in [0.4, 0.5) is 0 Å². The fourth-order valence-corrected chi connectivity index (χ4v) is 3.24. The van der Waals surface area contributed by atoms with Gasteiger partial charge in [-0.05, 0) is 37.8 Å². The molecule has 1 heterocycles. The lowest BCUT2D eigenvalue weighted by molar-refractivity contribution is 0.0926. The predicted octanol–water partition coefficient (Wildman–Crippen LogP) is 3.54. The maximum absolute atomic E-state index is 11.8. The monoisotopic (exact) mass is 476 g/mol. The van der Waals surface area contributed by atoms with Crippen LogP contribution >= 0.6 is 24.0 Å². The second-order valence-electron chi connectivity index (χ2n) is 6.57. The fourth-order valence-electron chi connectivity index (χ4n) is 3.24. The Bertz CT molecular complexity index is 514. The van der Waals surface area contributed by atoms with Gasteiger partial charge in [0.05, 0.1) is 6.26 Å². The van der Waals surface area contributed by atoms with E-state index in [1.165, 1.54) is 44.8 Å². The summed E-state index contributed by atoms with van der Waals surface area (Å²) in [4.78, 5) is 16.4. The van der Waals surface area contributed by atoms with Crippen LogP contribution in [0.15, 0.2) is 27.8 Å². The summed E-state index contributed by atoms with van der Waals surface area (Å²) in [7, 11) is 0. The van der Waals surface area contributed by atoms with Gasteiger partial charge in [-0.1, -0.05) is 32.1 Å². The van der Waals surface area contributed by atoms with Crippen molar-refractivity contribution in [1.29, 1.82) is 0 Å². The van der Waals surface area contributed by atoms with Gasteiger partial charge >= 0.3 is 0 Å². The molecule has 7 heteroatoms. The quantitative estimate of drug-likeness (QED) is 0.221. The zero-order chi connectivity index (χ0) is 17.7. The minimum atomic E-state index is -0.193. The minimum Gasteiger partial charge on any atom is -0.459 e. The van der Waals surface area contributed by atoms with Gasteiger partial charge in [0.25, 0.3) is 5.91 Å². The Morgan fingerprint density at radius 2 is 1.96 bits per heavy atom. The highest BCUT2D eigenvalue weighted by atomic mass is 127. The molecule has 0 bridgehead atoms. The summed E-state index contributed by atoms with van der Waals surface area (Å²) >= 11 is 0. The Morgan fingerprint density at radius 1 is 1.19 bits per heavy atom. The number of nitrogens with one attached hydrogen (secondary N) is 3. The molecule has 0 aliphatic heterocycles. The average Bonchev–Trinajstić information content (AvgIpc) is 3.17. The van der Waals surface area contributed by atoms with Crippen molar-refractivity contribution in [3.8, 4) is 0 Å². The van der Waals surface area contributed by atoms with Crippen molar-refractivity contribution in [2.75, 3.05) is 26.2 Å². The lowest BCUT2D eigenvalue weighted by atomic mass is 9.86.